The van der Waals surface area contributed by atoms with Crippen LogP contribution in [0, 0.1) is 0 Å². The van der Waals surface area contributed by atoms with Crippen molar-refractivity contribution >= 4 is 29.0 Å². The van der Waals surface area contributed by atoms with Crippen LogP contribution in [0.5, 0.6) is 0 Å². The Morgan fingerprint density at radius 2 is 1.82 bits per heavy atom. The minimum atomic E-state index is -0.482. The lowest BCUT2D eigenvalue weighted by Gasteiger charge is -2.35. The number of alkyl halides is 1. The van der Waals surface area contributed by atoms with Crippen molar-refractivity contribution in [2.45, 2.75) is 18.3 Å². The highest BCUT2D eigenvalue weighted by Crippen LogP contribution is 2.36. The van der Waals surface area contributed by atoms with Gasteiger partial charge >= 0.3 is 0 Å². The van der Waals surface area contributed by atoms with E-state index in [1.165, 1.54) is 0 Å². The number of Topliss-reactive ketones (excluding diaryl/α,β-unsaturated/α-hetero) is 1. The minimum Gasteiger partial charge on any atom is -0.381 e. The summed E-state index contributed by atoms with van der Waals surface area (Å²) in [7, 11) is 0. The number of carbonyl (C=O) groups is 1. The lowest BCUT2D eigenvalue weighted by Crippen LogP contribution is -2.42. The van der Waals surface area contributed by atoms with Crippen molar-refractivity contribution in [3.63, 3.8) is 0 Å². The summed E-state index contributed by atoms with van der Waals surface area (Å²) in [5.41, 5.74) is 0.515. The van der Waals surface area contributed by atoms with Gasteiger partial charge in [0, 0.05) is 18.2 Å². The molecule has 1 aliphatic rings. The average Bonchev–Trinajstić information content (AvgIpc) is 2.39. The lowest BCUT2D eigenvalue weighted by molar-refractivity contribution is -0.125. The molecule has 4 heteroatoms. The summed E-state index contributed by atoms with van der Waals surface area (Å²) in [6.07, 6.45) is 1.39. The molecule has 0 aliphatic carbocycles. The molecule has 1 saturated heterocycles. The van der Waals surface area contributed by atoms with Crippen molar-refractivity contribution in [1.82, 2.24) is 0 Å². The molecular weight excluding hydrogens is 259 g/mol. The standard InChI is InChI=1S/C13H14Cl2O2/c14-9-12(16)13(5-7-17-8-6-13)10-1-3-11(15)4-2-10/h1-4H,5-9H2. The number of benzene rings is 1. The minimum absolute atomic E-state index is 0.0443. The molecule has 1 fully saturated rings. The topological polar surface area (TPSA) is 26.3 Å². The van der Waals surface area contributed by atoms with Gasteiger partial charge in [0.15, 0.2) is 5.78 Å². The van der Waals surface area contributed by atoms with E-state index >= 15 is 0 Å². The molecule has 0 saturated carbocycles. The average molecular weight is 273 g/mol. The van der Waals surface area contributed by atoms with E-state index in [-0.39, 0.29) is 11.7 Å². The van der Waals surface area contributed by atoms with Crippen LogP contribution in [0.1, 0.15) is 18.4 Å². The van der Waals surface area contributed by atoms with Crippen LogP contribution < -0.4 is 0 Å². The molecule has 0 spiro atoms. The predicted octanol–water partition coefficient (Wildman–Crippen LogP) is 3.20. The third-order valence-electron chi connectivity index (χ3n) is 3.40. The second kappa shape index (κ2) is 5.38. The molecule has 0 N–H and O–H groups in total. The Balaban J connectivity index is 2.38. The molecule has 0 bridgehead atoms. The molecule has 0 aromatic heterocycles. The first-order chi connectivity index (χ1) is 8.19. The Hall–Kier alpha value is -0.570. The number of hydrogen-bond acceptors (Lipinski definition) is 2. The van der Waals surface area contributed by atoms with Gasteiger partial charge in [-0.15, -0.1) is 11.6 Å². The van der Waals surface area contributed by atoms with Gasteiger partial charge in [0.2, 0.25) is 0 Å². The summed E-state index contributed by atoms with van der Waals surface area (Å²) >= 11 is 11.6. The Bertz CT molecular complexity index is 394. The fourth-order valence-electron chi connectivity index (χ4n) is 2.35. The number of ether oxygens (including phenoxy) is 1. The van der Waals surface area contributed by atoms with Crippen molar-refractivity contribution in [2.75, 3.05) is 19.1 Å². The molecule has 92 valence electrons. The third-order valence-corrected chi connectivity index (χ3v) is 3.89. The van der Waals surface area contributed by atoms with E-state index in [9.17, 15) is 4.79 Å². The van der Waals surface area contributed by atoms with Gasteiger partial charge in [-0.05, 0) is 30.5 Å². The maximum atomic E-state index is 12.2. The van der Waals surface area contributed by atoms with Crippen LogP contribution in [0.2, 0.25) is 5.02 Å². The maximum Gasteiger partial charge on any atom is 0.158 e. The lowest BCUT2D eigenvalue weighted by atomic mass is 9.71. The van der Waals surface area contributed by atoms with Crippen molar-refractivity contribution in [3.05, 3.63) is 34.9 Å². The van der Waals surface area contributed by atoms with E-state index in [1.54, 1.807) is 0 Å². The quantitative estimate of drug-likeness (QED) is 0.790. The molecule has 2 rings (SSSR count). The van der Waals surface area contributed by atoms with Crippen LogP contribution in [0.25, 0.3) is 0 Å². The maximum absolute atomic E-state index is 12.2. The Morgan fingerprint density at radius 1 is 1.24 bits per heavy atom. The summed E-state index contributed by atoms with van der Waals surface area (Å²) in [6.45, 7) is 1.20. The number of hydrogen-bond donors (Lipinski definition) is 0. The first-order valence-corrected chi connectivity index (χ1v) is 6.53. The number of rotatable bonds is 3. The van der Waals surface area contributed by atoms with E-state index < -0.39 is 5.41 Å². The van der Waals surface area contributed by atoms with Gasteiger partial charge in [-0.25, -0.2) is 0 Å². The molecule has 1 heterocycles. The first kappa shape index (κ1) is 12.9. The molecule has 1 aromatic carbocycles. The second-order valence-corrected chi connectivity index (χ2v) is 4.96. The molecule has 17 heavy (non-hydrogen) atoms. The molecule has 2 nitrogen and oxygen atoms in total. The molecule has 1 aliphatic heterocycles. The molecule has 1 aromatic rings. The van der Waals surface area contributed by atoms with Crippen LogP contribution in [0.15, 0.2) is 24.3 Å². The normalized spacial score (nSPS) is 18.9. The Labute approximate surface area is 111 Å². The number of halogens is 2. The van der Waals surface area contributed by atoms with Crippen LogP contribution >= 0.6 is 23.2 Å². The van der Waals surface area contributed by atoms with Gasteiger partial charge in [-0.2, -0.15) is 0 Å². The third kappa shape index (κ3) is 2.49. The summed E-state index contributed by atoms with van der Waals surface area (Å²) in [4.78, 5) is 12.2. The number of ketones is 1. The van der Waals surface area contributed by atoms with Gasteiger partial charge in [0.05, 0.1) is 11.3 Å². The molecule has 0 amide bonds. The highest BCUT2D eigenvalue weighted by molar-refractivity contribution is 6.30. The van der Waals surface area contributed by atoms with Crippen molar-refractivity contribution in [1.29, 1.82) is 0 Å². The Kier molecular flexibility index (Phi) is 4.08. The molecular formula is C13H14Cl2O2. The van der Waals surface area contributed by atoms with E-state index in [4.69, 9.17) is 27.9 Å². The predicted molar refractivity (Wildman–Crippen MR) is 68.9 cm³/mol. The van der Waals surface area contributed by atoms with Crippen molar-refractivity contribution in [3.8, 4) is 0 Å². The summed E-state index contributed by atoms with van der Waals surface area (Å²) in [5, 5.41) is 0.675. The van der Waals surface area contributed by atoms with Gasteiger partial charge in [0.25, 0.3) is 0 Å². The summed E-state index contributed by atoms with van der Waals surface area (Å²) in [5.74, 6) is 0.118. The monoisotopic (exact) mass is 272 g/mol. The van der Waals surface area contributed by atoms with Gasteiger partial charge < -0.3 is 4.74 Å². The van der Waals surface area contributed by atoms with E-state index in [1.807, 2.05) is 24.3 Å². The van der Waals surface area contributed by atoms with Crippen molar-refractivity contribution < 1.29 is 9.53 Å². The highest BCUT2D eigenvalue weighted by atomic mass is 35.5. The van der Waals surface area contributed by atoms with Gasteiger partial charge in [-0.3, -0.25) is 4.79 Å². The molecule has 0 unspecified atom stereocenters. The summed E-state index contributed by atoms with van der Waals surface area (Å²) in [6, 6.07) is 7.46. The zero-order valence-corrected chi connectivity index (χ0v) is 10.9. The van der Waals surface area contributed by atoms with E-state index in [0.717, 1.165) is 5.56 Å². The Morgan fingerprint density at radius 3 is 2.35 bits per heavy atom. The van der Waals surface area contributed by atoms with Crippen LogP contribution in [0.4, 0.5) is 0 Å². The zero-order valence-electron chi connectivity index (χ0n) is 9.42. The molecule has 0 radical (unpaired) electrons. The van der Waals surface area contributed by atoms with E-state index in [0.29, 0.717) is 31.1 Å². The van der Waals surface area contributed by atoms with Crippen LogP contribution in [-0.4, -0.2) is 24.9 Å². The van der Waals surface area contributed by atoms with Crippen molar-refractivity contribution in [2.24, 2.45) is 0 Å². The molecule has 0 atom stereocenters. The van der Waals surface area contributed by atoms with Gasteiger partial charge in [-0.1, -0.05) is 23.7 Å². The fourth-order valence-corrected chi connectivity index (χ4v) is 2.73. The van der Waals surface area contributed by atoms with Gasteiger partial charge in [0.1, 0.15) is 0 Å². The van der Waals surface area contributed by atoms with E-state index in [2.05, 4.69) is 0 Å². The van der Waals surface area contributed by atoms with Crippen LogP contribution in [-0.2, 0) is 14.9 Å². The largest absolute Gasteiger partial charge is 0.381 e. The fraction of sp³-hybridized carbons (Fsp3) is 0.462. The highest BCUT2D eigenvalue weighted by Gasteiger charge is 2.40. The summed E-state index contributed by atoms with van der Waals surface area (Å²) < 4.78 is 5.34. The first-order valence-electron chi connectivity index (χ1n) is 5.62. The number of carbonyl (C=O) groups excluding carboxylic acids is 1. The smallest absolute Gasteiger partial charge is 0.158 e. The van der Waals surface area contributed by atoms with Crippen LogP contribution in [0.3, 0.4) is 0 Å². The zero-order chi connectivity index (χ0) is 12.3. The SMILES string of the molecule is O=C(CCl)C1(c2ccc(Cl)cc2)CCOCC1. The second-order valence-electron chi connectivity index (χ2n) is 4.26.